The van der Waals surface area contributed by atoms with Crippen molar-refractivity contribution in [1.29, 1.82) is 0 Å². The Morgan fingerprint density at radius 2 is 1.80 bits per heavy atom. The zero-order valence-electron chi connectivity index (χ0n) is 22.8. The number of aromatic hydroxyl groups is 1. The van der Waals surface area contributed by atoms with Crippen molar-refractivity contribution in [2.45, 2.75) is 57.2 Å². The molecule has 216 valence electrons. The largest absolute Gasteiger partial charge is 0.508 e. The highest BCUT2D eigenvalue weighted by Crippen LogP contribution is 2.17. The molecule has 2 aromatic rings. The number of phenols is 1. The van der Waals surface area contributed by atoms with Gasteiger partial charge in [0, 0.05) is 12.2 Å². The third-order valence-corrected chi connectivity index (χ3v) is 6.48. The molecule has 1 aliphatic heterocycles. The normalized spacial score (nSPS) is 20.5. The number of amides is 3. The smallest absolute Gasteiger partial charge is 0.308 e. The molecule has 0 bridgehead atoms. The van der Waals surface area contributed by atoms with E-state index in [1.54, 1.807) is 55.5 Å². The second kappa shape index (κ2) is 15.5. The molecule has 1 aliphatic rings. The van der Waals surface area contributed by atoms with Gasteiger partial charge in [0.1, 0.15) is 17.5 Å². The summed E-state index contributed by atoms with van der Waals surface area (Å²) in [6.45, 7) is 1.88. The van der Waals surface area contributed by atoms with E-state index >= 15 is 0 Å². The van der Waals surface area contributed by atoms with Gasteiger partial charge in [-0.25, -0.2) is 0 Å². The summed E-state index contributed by atoms with van der Waals surface area (Å²) in [6, 6.07) is 11.6. The number of rotatable bonds is 8. The van der Waals surface area contributed by atoms with E-state index in [1.807, 2.05) is 0 Å². The predicted molar refractivity (Wildman–Crippen MR) is 146 cm³/mol. The number of carbonyl (C=O) groups is 4. The molecule has 1 fully saturated rings. The van der Waals surface area contributed by atoms with E-state index in [2.05, 4.69) is 16.0 Å². The standard InChI is InChI=1S/C29H37N3O8/c1-3-39-27(35)17-25-24(16-19-7-11-21(33)12-8-19)31-26(34)18-30-29(37)23(6-4-5-15-40-25)32-28(36)20-9-13-22(38-2)14-10-20/h7-14,23-25,33H,3-6,15-18H2,1-2H3,(H,30,37)(H,31,34)(H,32,36)/t23-,24+,25-/m1/s1. The molecule has 1 heterocycles. The van der Waals surface area contributed by atoms with Gasteiger partial charge in [0.2, 0.25) is 11.8 Å². The van der Waals surface area contributed by atoms with Gasteiger partial charge < -0.3 is 35.3 Å². The van der Waals surface area contributed by atoms with Crippen LogP contribution in [0.25, 0.3) is 0 Å². The van der Waals surface area contributed by atoms with E-state index in [1.165, 1.54) is 7.11 Å². The summed E-state index contributed by atoms with van der Waals surface area (Å²) in [5.41, 5.74) is 1.19. The molecule has 0 radical (unpaired) electrons. The highest BCUT2D eigenvalue weighted by molar-refractivity contribution is 5.98. The maximum absolute atomic E-state index is 13.0. The van der Waals surface area contributed by atoms with Gasteiger partial charge in [-0.2, -0.15) is 0 Å². The van der Waals surface area contributed by atoms with Crippen molar-refractivity contribution in [3.63, 3.8) is 0 Å². The summed E-state index contributed by atoms with van der Waals surface area (Å²) in [7, 11) is 1.53. The highest BCUT2D eigenvalue weighted by Gasteiger charge is 2.29. The molecular formula is C29H37N3O8. The zero-order chi connectivity index (χ0) is 28.9. The summed E-state index contributed by atoms with van der Waals surface area (Å²) in [4.78, 5) is 51.0. The Morgan fingerprint density at radius 3 is 2.48 bits per heavy atom. The van der Waals surface area contributed by atoms with E-state index in [9.17, 15) is 24.3 Å². The molecule has 2 aromatic carbocycles. The lowest BCUT2D eigenvalue weighted by Crippen LogP contribution is -2.52. The van der Waals surface area contributed by atoms with Crippen LogP contribution in [0.15, 0.2) is 48.5 Å². The Morgan fingerprint density at radius 1 is 1.07 bits per heavy atom. The summed E-state index contributed by atoms with van der Waals surface area (Å²) >= 11 is 0. The Kier molecular flexibility index (Phi) is 11.8. The average molecular weight is 556 g/mol. The van der Waals surface area contributed by atoms with Crippen molar-refractivity contribution in [3.8, 4) is 11.5 Å². The van der Waals surface area contributed by atoms with Crippen LogP contribution in [0.5, 0.6) is 11.5 Å². The third kappa shape index (κ3) is 9.57. The molecule has 1 saturated heterocycles. The summed E-state index contributed by atoms with van der Waals surface area (Å²) < 4.78 is 16.3. The lowest BCUT2D eigenvalue weighted by atomic mass is 9.98. The van der Waals surface area contributed by atoms with E-state index in [0.29, 0.717) is 37.0 Å². The number of phenolic OH excluding ortho intramolecular Hbond substituents is 1. The number of nitrogens with one attached hydrogen (secondary N) is 3. The molecule has 0 aliphatic carbocycles. The summed E-state index contributed by atoms with van der Waals surface area (Å²) in [5.74, 6) is -1.11. The number of hydrogen-bond donors (Lipinski definition) is 4. The van der Waals surface area contributed by atoms with E-state index < -0.39 is 41.9 Å². The number of benzene rings is 2. The zero-order valence-corrected chi connectivity index (χ0v) is 22.8. The molecule has 3 atom stereocenters. The SMILES string of the molecule is CCOC(=O)C[C@H]1OCCCC[C@@H](NC(=O)c2ccc(OC)cc2)C(=O)NCC(=O)N[C@H]1Cc1ccc(O)cc1. The molecule has 0 aromatic heterocycles. The number of esters is 1. The van der Waals surface area contributed by atoms with Crippen LogP contribution in [-0.2, 0) is 30.3 Å². The van der Waals surface area contributed by atoms with Crippen molar-refractivity contribution in [1.82, 2.24) is 16.0 Å². The molecule has 4 N–H and O–H groups in total. The third-order valence-electron chi connectivity index (χ3n) is 6.48. The van der Waals surface area contributed by atoms with Crippen LogP contribution in [-0.4, -0.2) is 73.9 Å². The van der Waals surface area contributed by atoms with Gasteiger partial charge in [-0.05, 0) is 74.6 Å². The average Bonchev–Trinajstić information content (AvgIpc) is 2.95. The van der Waals surface area contributed by atoms with Gasteiger partial charge in [0.15, 0.2) is 0 Å². The fourth-order valence-corrected chi connectivity index (χ4v) is 4.35. The Balaban J connectivity index is 1.73. The monoisotopic (exact) mass is 555 g/mol. The summed E-state index contributed by atoms with van der Waals surface area (Å²) in [6.07, 6.45) is 1.02. The highest BCUT2D eigenvalue weighted by atomic mass is 16.5. The minimum Gasteiger partial charge on any atom is -0.508 e. The van der Waals surface area contributed by atoms with Crippen LogP contribution in [0.1, 0.15) is 48.5 Å². The van der Waals surface area contributed by atoms with Gasteiger partial charge in [0.05, 0.1) is 38.8 Å². The first-order chi connectivity index (χ1) is 19.3. The van der Waals surface area contributed by atoms with Crippen LogP contribution >= 0.6 is 0 Å². The Labute approximate surface area is 233 Å². The number of methoxy groups -OCH3 is 1. The maximum atomic E-state index is 13.0. The molecule has 3 amide bonds. The number of hydrogen-bond acceptors (Lipinski definition) is 8. The van der Waals surface area contributed by atoms with Crippen molar-refractivity contribution in [3.05, 3.63) is 59.7 Å². The first-order valence-electron chi connectivity index (χ1n) is 13.4. The molecule has 0 spiro atoms. The summed E-state index contributed by atoms with van der Waals surface area (Å²) in [5, 5.41) is 17.9. The predicted octanol–water partition coefficient (Wildman–Crippen LogP) is 1.87. The van der Waals surface area contributed by atoms with Gasteiger partial charge in [0.25, 0.3) is 5.91 Å². The molecule has 0 unspecified atom stereocenters. The van der Waals surface area contributed by atoms with Gasteiger partial charge in [-0.15, -0.1) is 0 Å². The minimum absolute atomic E-state index is 0.0657. The van der Waals surface area contributed by atoms with Gasteiger partial charge in [-0.1, -0.05) is 12.1 Å². The molecule has 11 heteroatoms. The quantitative estimate of drug-likeness (QED) is 0.360. The second-order valence-corrected chi connectivity index (χ2v) is 9.43. The number of carbonyl (C=O) groups excluding carboxylic acids is 4. The van der Waals surface area contributed by atoms with Crippen molar-refractivity contribution < 1.29 is 38.5 Å². The minimum atomic E-state index is -0.855. The topological polar surface area (TPSA) is 152 Å². The van der Waals surface area contributed by atoms with Gasteiger partial charge in [-0.3, -0.25) is 19.2 Å². The van der Waals surface area contributed by atoms with E-state index in [4.69, 9.17) is 14.2 Å². The van der Waals surface area contributed by atoms with Crippen molar-refractivity contribution in [2.24, 2.45) is 0 Å². The lowest BCUT2D eigenvalue weighted by molar-refractivity contribution is -0.147. The van der Waals surface area contributed by atoms with E-state index in [-0.39, 0.29) is 31.9 Å². The van der Waals surface area contributed by atoms with Crippen molar-refractivity contribution >= 4 is 23.7 Å². The van der Waals surface area contributed by atoms with Gasteiger partial charge >= 0.3 is 5.97 Å². The Bertz CT molecular complexity index is 1140. The fraction of sp³-hybridized carbons (Fsp3) is 0.448. The lowest BCUT2D eigenvalue weighted by Gasteiger charge is -2.28. The maximum Gasteiger partial charge on any atom is 0.308 e. The van der Waals surface area contributed by atoms with Crippen LogP contribution in [0.2, 0.25) is 0 Å². The number of ether oxygens (including phenoxy) is 3. The van der Waals surface area contributed by atoms with Crippen LogP contribution < -0.4 is 20.7 Å². The van der Waals surface area contributed by atoms with E-state index in [0.717, 1.165) is 5.56 Å². The van der Waals surface area contributed by atoms with Crippen LogP contribution in [0.4, 0.5) is 0 Å². The Hall–Kier alpha value is -4.12. The van der Waals surface area contributed by atoms with Crippen LogP contribution in [0, 0.1) is 0 Å². The van der Waals surface area contributed by atoms with Crippen LogP contribution in [0.3, 0.4) is 0 Å². The fourth-order valence-electron chi connectivity index (χ4n) is 4.35. The molecule has 11 nitrogen and oxygen atoms in total. The molecule has 3 rings (SSSR count). The van der Waals surface area contributed by atoms with Crippen molar-refractivity contribution in [2.75, 3.05) is 26.9 Å². The molecular weight excluding hydrogens is 518 g/mol. The molecule has 0 saturated carbocycles. The first-order valence-corrected chi connectivity index (χ1v) is 13.4. The second-order valence-electron chi connectivity index (χ2n) is 9.43. The molecule has 40 heavy (non-hydrogen) atoms. The first kappa shape index (κ1) is 30.4.